The van der Waals surface area contributed by atoms with E-state index in [9.17, 15) is 4.21 Å². The summed E-state index contributed by atoms with van der Waals surface area (Å²) in [6.45, 7) is 7.35. The molecular weight excluding hydrogens is 242 g/mol. The summed E-state index contributed by atoms with van der Waals surface area (Å²) in [4.78, 5) is 4.35. The lowest BCUT2D eigenvalue weighted by atomic mass is 9.89. The normalized spacial score (nSPS) is 21.4. The van der Waals surface area contributed by atoms with Crippen LogP contribution in [0.2, 0.25) is 0 Å². The van der Waals surface area contributed by atoms with Gasteiger partial charge in [-0.25, -0.2) is 4.98 Å². The first-order valence-electron chi connectivity index (χ1n) is 5.30. The highest BCUT2D eigenvalue weighted by Gasteiger charge is 2.45. The molecular formula is C11H17NO2S2. The Morgan fingerprint density at radius 3 is 2.62 bits per heavy atom. The Morgan fingerprint density at radius 1 is 1.56 bits per heavy atom. The van der Waals surface area contributed by atoms with Gasteiger partial charge in [-0.2, -0.15) is 0 Å². The van der Waals surface area contributed by atoms with Crippen LogP contribution in [-0.4, -0.2) is 32.9 Å². The van der Waals surface area contributed by atoms with Crippen molar-refractivity contribution < 1.29 is 8.95 Å². The molecule has 2 rings (SSSR count). The van der Waals surface area contributed by atoms with Gasteiger partial charge in [0.15, 0.2) is 0 Å². The van der Waals surface area contributed by atoms with E-state index in [0.29, 0.717) is 19.0 Å². The zero-order valence-electron chi connectivity index (χ0n) is 9.86. The van der Waals surface area contributed by atoms with Crippen LogP contribution in [-0.2, 0) is 21.0 Å². The van der Waals surface area contributed by atoms with Gasteiger partial charge in [-0.05, 0) is 20.8 Å². The van der Waals surface area contributed by atoms with Gasteiger partial charge in [0.05, 0.1) is 18.6 Å². The second-order valence-corrected chi connectivity index (χ2v) is 8.31. The van der Waals surface area contributed by atoms with E-state index in [1.54, 1.807) is 17.5 Å². The van der Waals surface area contributed by atoms with Gasteiger partial charge in [-0.1, -0.05) is 0 Å². The van der Waals surface area contributed by atoms with Crippen LogP contribution >= 0.6 is 11.3 Å². The van der Waals surface area contributed by atoms with Crippen LogP contribution in [0.4, 0.5) is 0 Å². The molecule has 1 aliphatic rings. The topological polar surface area (TPSA) is 39.2 Å². The third-order valence-corrected chi connectivity index (χ3v) is 5.93. The van der Waals surface area contributed by atoms with Crippen LogP contribution in [0.1, 0.15) is 25.8 Å². The Bertz CT molecular complexity index is 377. The SMILES string of the molecule is CC(C)(C)S(=O)CC1(c2nccs2)COC1. The van der Waals surface area contributed by atoms with Gasteiger partial charge in [0, 0.05) is 32.9 Å². The highest BCUT2D eigenvalue weighted by molar-refractivity contribution is 7.86. The van der Waals surface area contributed by atoms with E-state index in [0.717, 1.165) is 5.01 Å². The third-order valence-electron chi connectivity index (χ3n) is 2.73. The molecule has 0 N–H and O–H groups in total. The number of thiazole rings is 1. The van der Waals surface area contributed by atoms with E-state index in [4.69, 9.17) is 4.74 Å². The van der Waals surface area contributed by atoms with Crippen molar-refractivity contribution in [1.82, 2.24) is 4.98 Å². The fourth-order valence-electron chi connectivity index (χ4n) is 1.57. The summed E-state index contributed by atoms with van der Waals surface area (Å²) in [5.41, 5.74) is -0.0910. The van der Waals surface area contributed by atoms with Crippen molar-refractivity contribution in [2.24, 2.45) is 0 Å². The van der Waals surface area contributed by atoms with Crippen LogP contribution in [0, 0.1) is 0 Å². The molecule has 0 bridgehead atoms. The first-order chi connectivity index (χ1) is 7.44. The van der Waals surface area contributed by atoms with Crippen molar-refractivity contribution >= 4 is 22.1 Å². The smallest absolute Gasteiger partial charge is 0.104 e. The number of nitrogens with zero attached hydrogens (tertiary/aromatic N) is 1. The molecule has 0 saturated carbocycles. The highest BCUT2D eigenvalue weighted by Crippen LogP contribution is 2.36. The summed E-state index contributed by atoms with van der Waals surface area (Å²) in [5, 5.41) is 3.03. The zero-order chi connectivity index (χ0) is 11.8. The summed E-state index contributed by atoms with van der Waals surface area (Å²) >= 11 is 1.63. The average molecular weight is 259 g/mol. The minimum Gasteiger partial charge on any atom is -0.379 e. The third kappa shape index (κ3) is 2.21. The van der Waals surface area contributed by atoms with E-state index in [1.165, 1.54) is 0 Å². The number of hydrogen-bond donors (Lipinski definition) is 0. The zero-order valence-corrected chi connectivity index (χ0v) is 11.5. The molecule has 16 heavy (non-hydrogen) atoms. The van der Waals surface area contributed by atoms with E-state index in [1.807, 2.05) is 26.2 Å². The molecule has 3 nitrogen and oxygen atoms in total. The van der Waals surface area contributed by atoms with Gasteiger partial charge in [0.2, 0.25) is 0 Å². The molecule has 90 valence electrons. The lowest BCUT2D eigenvalue weighted by molar-refractivity contribution is -0.0478. The predicted octanol–water partition coefficient (Wildman–Crippen LogP) is 1.96. The summed E-state index contributed by atoms with van der Waals surface area (Å²) in [6, 6.07) is 0. The quantitative estimate of drug-likeness (QED) is 0.833. The molecule has 1 aliphatic heterocycles. The minimum atomic E-state index is -0.853. The first-order valence-corrected chi connectivity index (χ1v) is 7.50. The monoisotopic (exact) mass is 259 g/mol. The summed E-state index contributed by atoms with van der Waals surface area (Å²) < 4.78 is 17.3. The van der Waals surface area contributed by atoms with Crippen molar-refractivity contribution in [3.8, 4) is 0 Å². The van der Waals surface area contributed by atoms with E-state index in [2.05, 4.69) is 4.98 Å². The molecule has 1 aromatic rings. The van der Waals surface area contributed by atoms with Crippen molar-refractivity contribution in [2.75, 3.05) is 19.0 Å². The molecule has 5 heteroatoms. The molecule has 0 aromatic carbocycles. The molecule has 0 aliphatic carbocycles. The maximum absolute atomic E-state index is 12.2. The molecule has 1 aromatic heterocycles. The Kier molecular flexibility index (Phi) is 3.20. The molecule has 0 spiro atoms. The number of rotatable bonds is 3. The Morgan fingerprint density at radius 2 is 2.25 bits per heavy atom. The second kappa shape index (κ2) is 4.20. The van der Waals surface area contributed by atoms with Crippen molar-refractivity contribution in [3.63, 3.8) is 0 Å². The lowest BCUT2D eigenvalue weighted by Crippen LogP contribution is -2.52. The molecule has 1 saturated heterocycles. The van der Waals surface area contributed by atoms with Gasteiger partial charge in [0.1, 0.15) is 5.01 Å². The van der Waals surface area contributed by atoms with Crippen LogP contribution in [0.5, 0.6) is 0 Å². The van der Waals surface area contributed by atoms with Crippen molar-refractivity contribution in [2.45, 2.75) is 30.9 Å². The molecule has 1 fully saturated rings. The largest absolute Gasteiger partial charge is 0.379 e. The van der Waals surface area contributed by atoms with Crippen LogP contribution in [0.15, 0.2) is 11.6 Å². The fourth-order valence-corrected chi connectivity index (χ4v) is 3.71. The van der Waals surface area contributed by atoms with Crippen LogP contribution < -0.4 is 0 Å². The van der Waals surface area contributed by atoms with Gasteiger partial charge in [-0.15, -0.1) is 11.3 Å². The summed E-state index contributed by atoms with van der Waals surface area (Å²) in [5.74, 6) is 0.657. The Labute approximate surface area is 103 Å². The lowest BCUT2D eigenvalue weighted by Gasteiger charge is -2.40. The molecule has 1 unspecified atom stereocenters. The highest BCUT2D eigenvalue weighted by atomic mass is 32.2. The van der Waals surface area contributed by atoms with Crippen molar-refractivity contribution in [3.05, 3.63) is 16.6 Å². The number of ether oxygens (including phenoxy) is 1. The number of hydrogen-bond acceptors (Lipinski definition) is 4. The molecule has 0 radical (unpaired) electrons. The van der Waals surface area contributed by atoms with E-state index < -0.39 is 10.8 Å². The van der Waals surface area contributed by atoms with Crippen molar-refractivity contribution in [1.29, 1.82) is 0 Å². The Hall–Kier alpha value is -0.260. The fraction of sp³-hybridized carbons (Fsp3) is 0.727. The van der Waals surface area contributed by atoms with Crippen LogP contribution in [0.25, 0.3) is 0 Å². The van der Waals surface area contributed by atoms with Gasteiger partial charge >= 0.3 is 0 Å². The van der Waals surface area contributed by atoms with Gasteiger partial charge in [-0.3, -0.25) is 4.21 Å². The summed E-state index contributed by atoms with van der Waals surface area (Å²) in [7, 11) is -0.853. The van der Waals surface area contributed by atoms with Gasteiger partial charge in [0.25, 0.3) is 0 Å². The van der Waals surface area contributed by atoms with E-state index >= 15 is 0 Å². The molecule has 1 atom stereocenters. The molecule has 0 amide bonds. The maximum Gasteiger partial charge on any atom is 0.104 e. The van der Waals surface area contributed by atoms with Crippen LogP contribution in [0.3, 0.4) is 0 Å². The summed E-state index contributed by atoms with van der Waals surface area (Å²) in [6.07, 6.45) is 1.81. The van der Waals surface area contributed by atoms with Gasteiger partial charge < -0.3 is 4.74 Å². The maximum atomic E-state index is 12.2. The standard InChI is InChI=1S/C11H17NO2S2/c1-10(2,3)16(13)8-11(6-14-7-11)9-12-4-5-15-9/h4-5H,6-8H2,1-3H3. The second-order valence-electron chi connectivity index (χ2n) is 5.21. The average Bonchev–Trinajstić information content (AvgIpc) is 2.61. The predicted molar refractivity (Wildman–Crippen MR) is 67.4 cm³/mol. The first kappa shape index (κ1) is 12.2. The molecule has 2 heterocycles. The minimum absolute atomic E-state index is 0.0910. The number of aromatic nitrogens is 1. The van der Waals surface area contributed by atoms with E-state index in [-0.39, 0.29) is 10.2 Å². The Balaban J connectivity index is 2.15.